The third-order valence-electron chi connectivity index (χ3n) is 4.39. The second-order valence-electron chi connectivity index (χ2n) is 6.71. The molecule has 0 atom stereocenters. The summed E-state index contributed by atoms with van der Waals surface area (Å²) in [6, 6.07) is 18.4. The number of hydrogen-bond donors (Lipinski definition) is 2. The van der Waals surface area contributed by atoms with E-state index in [2.05, 4.69) is 10.6 Å². The molecule has 0 aliphatic rings. The Labute approximate surface area is 196 Å². The normalized spacial score (nSPS) is 10.2. The summed E-state index contributed by atoms with van der Waals surface area (Å²) in [7, 11) is 3.13. The molecule has 3 aromatic rings. The minimum absolute atomic E-state index is 0.219. The Morgan fingerprint density at radius 2 is 1.09 bits per heavy atom. The largest absolute Gasteiger partial charge is 0.497 e. The van der Waals surface area contributed by atoms with Gasteiger partial charge in [0, 0.05) is 5.02 Å². The summed E-state index contributed by atoms with van der Waals surface area (Å²) in [4.78, 5) is 24.7. The number of rotatable bonds is 10. The number of halogens is 1. The van der Waals surface area contributed by atoms with Gasteiger partial charge in [0.2, 0.25) is 0 Å². The van der Waals surface area contributed by atoms with Gasteiger partial charge in [0.05, 0.1) is 25.6 Å². The zero-order valence-corrected chi connectivity index (χ0v) is 18.8. The standard InChI is InChI=1S/C24H23ClN2O6/c1-30-17-4-8-19(9-5-17)32-14-23(28)26-21-12-3-16(25)13-22(21)27-24(29)15-33-20-10-6-18(31-2)7-11-20/h3-13H,14-15H2,1-2H3,(H,26,28)(H,27,29). The van der Waals surface area contributed by atoms with E-state index in [9.17, 15) is 9.59 Å². The van der Waals surface area contributed by atoms with Gasteiger partial charge in [-0.1, -0.05) is 11.6 Å². The Morgan fingerprint density at radius 1 is 0.667 bits per heavy atom. The maximum Gasteiger partial charge on any atom is 0.262 e. The summed E-state index contributed by atoms with van der Waals surface area (Å²) < 4.78 is 21.1. The third kappa shape index (κ3) is 7.33. The maximum absolute atomic E-state index is 12.4. The molecule has 3 rings (SSSR count). The molecule has 0 aliphatic carbocycles. The monoisotopic (exact) mass is 470 g/mol. The van der Waals surface area contributed by atoms with Crippen LogP contribution < -0.4 is 29.6 Å². The minimum atomic E-state index is -0.418. The van der Waals surface area contributed by atoms with E-state index in [4.69, 9.17) is 30.5 Å². The lowest BCUT2D eigenvalue weighted by molar-refractivity contribution is -0.119. The Bertz CT molecular complexity index is 1090. The number of anilines is 2. The molecule has 2 N–H and O–H groups in total. The SMILES string of the molecule is COc1ccc(OCC(=O)Nc2ccc(Cl)cc2NC(=O)COc2ccc(OC)cc2)cc1. The highest BCUT2D eigenvalue weighted by molar-refractivity contribution is 6.31. The predicted molar refractivity (Wildman–Crippen MR) is 126 cm³/mol. The lowest BCUT2D eigenvalue weighted by atomic mass is 10.2. The third-order valence-corrected chi connectivity index (χ3v) is 4.62. The second kappa shape index (κ2) is 11.6. The number of carbonyl (C=O) groups excluding carboxylic acids is 2. The molecule has 33 heavy (non-hydrogen) atoms. The number of nitrogens with one attached hydrogen (secondary N) is 2. The fourth-order valence-electron chi connectivity index (χ4n) is 2.74. The minimum Gasteiger partial charge on any atom is -0.497 e. The number of methoxy groups -OCH3 is 2. The molecule has 0 saturated heterocycles. The zero-order chi connectivity index (χ0) is 23.6. The van der Waals surface area contributed by atoms with Gasteiger partial charge in [-0.2, -0.15) is 0 Å². The van der Waals surface area contributed by atoms with Crippen LogP contribution in [0.4, 0.5) is 11.4 Å². The number of hydrogen-bond acceptors (Lipinski definition) is 6. The molecule has 0 radical (unpaired) electrons. The molecular weight excluding hydrogens is 448 g/mol. The number of carbonyl (C=O) groups is 2. The van der Waals surface area contributed by atoms with Crippen LogP contribution in [0.5, 0.6) is 23.0 Å². The van der Waals surface area contributed by atoms with Crippen LogP contribution in [0.2, 0.25) is 5.02 Å². The van der Waals surface area contributed by atoms with Gasteiger partial charge in [0.15, 0.2) is 13.2 Å². The van der Waals surface area contributed by atoms with Gasteiger partial charge in [0.1, 0.15) is 23.0 Å². The van der Waals surface area contributed by atoms with E-state index >= 15 is 0 Å². The van der Waals surface area contributed by atoms with Gasteiger partial charge < -0.3 is 29.6 Å². The van der Waals surface area contributed by atoms with Crippen molar-refractivity contribution in [2.24, 2.45) is 0 Å². The first-order valence-corrected chi connectivity index (χ1v) is 10.3. The highest BCUT2D eigenvalue weighted by atomic mass is 35.5. The molecular formula is C24H23ClN2O6. The van der Waals surface area contributed by atoms with Crippen LogP contribution in [-0.4, -0.2) is 39.2 Å². The second-order valence-corrected chi connectivity index (χ2v) is 7.15. The first-order valence-electron chi connectivity index (χ1n) is 9.90. The molecule has 0 spiro atoms. The molecule has 0 unspecified atom stereocenters. The lowest BCUT2D eigenvalue weighted by Gasteiger charge is -2.14. The van der Waals surface area contributed by atoms with Gasteiger partial charge >= 0.3 is 0 Å². The molecule has 0 saturated carbocycles. The maximum atomic E-state index is 12.4. The average Bonchev–Trinajstić information content (AvgIpc) is 2.83. The summed E-state index contributed by atoms with van der Waals surface area (Å²) in [6.07, 6.45) is 0. The van der Waals surface area contributed by atoms with Crippen molar-refractivity contribution in [3.8, 4) is 23.0 Å². The summed E-state index contributed by atoms with van der Waals surface area (Å²) in [6.45, 7) is -0.449. The molecule has 3 aromatic carbocycles. The van der Waals surface area contributed by atoms with Gasteiger partial charge in [-0.15, -0.1) is 0 Å². The van der Waals surface area contributed by atoms with E-state index in [0.29, 0.717) is 39.4 Å². The van der Waals surface area contributed by atoms with E-state index < -0.39 is 11.8 Å². The van der Waals surface area contributed by atoms with Crippen molar-refractivity contribution < 1.29 is 28.5 Å². The highest BCUT2D eigenvalue weighted by Crippen LogP contribution is 2.26. The molecule has 0 fully saturated rings. The first kappa shape index (κ1) is 23.7. The molecule has 2 amide bonds. The predicted octanol–water partition coefficient (Wildman–Crippen LogP) is 4.39. The van der Waals surface area contributed by atoms with Gasteiger partial charge in [-0.25, -0.2) is 0 Å². The van der Waals surface area contributed by atoms with Crippen molar-refractivity contribution in [1.82, 2.24) is 0 Å². The molecule has 172 valence electrons. The van der Waals surface area contributed by atoms with E-state index in [1.54, 1.807) is 74.9 Å². The van der Waals surface area contributed by atoms with Crippen LogP contribution in [0.3, 0.4) is 0 Å². The zero-order valence-electron chi connectivity index (χ0n) is 18.1. The van der Waals surface area contributed by atoms with E-state index in [1.807, 2.05) is 0 Å². The van der Waals surface area contributed by atoms with Crippen LogP contribution in [-0.2, 0) is 9.59 Å². The number of ether oxygens (including phenoxy) is 4. The summed E-state index contributed by atoms with van der Waals surface area (Å²) >= 11 is 6.06. The van der Waals surface area contributed by atoms with Gasteiger partial charge in [-0.05, 0) is 66.7 Å². The van der Waals surface area contributed by atoms with Gasteiger partial charge in [-0.3, -0.25) is 9.59 Å². The van der Waals surface area contributed by atoms with E-state index in [0.717, 1.165) is 0 Å². The van der Waals surface area contributed by atoms with Crippen LogP contribution in [0.1, 0.15) is 0 Å². The van der Waals surface area contributed by atoms with Gasteiger partial charge in [0.25, 0.3) is 11.8 Å². The van der Waals surface area contributed by atoms with Crippen molar-refractivity contribution in [2.75, 3.05) is 38.1 Å². The molecule has 9 heteroatoms. The van der Waals surface area contributed by atoms with E-state index in [1.165, 1.54) is 6.07 Å². The highest BCUT2D eigenvalue weighted by Gasteiger charge is 2.12. The van der Waals surface area contributed by atoms with Crippen LogP contribution in [0.15, 0.2) is 66.7 Å². The first-order chi connectivity index (χ1) is 16.0. The van der Waals surface area contributed by atoms with Crippen LogP contribution >= 0.6 is 11.6 Å². The Kier molecular flexibility index (Phi) is 8.37. The van der Waals surface area contributed by atoms with E-state index in [-0.39, 0.29) is 13.2 Å². The van der Waals surface area contributed by atoms with Crippen molar-refractivity contribution in [3.63, 3.8) is 0 Å². The Hall–Kier alpha value is -3.91. The average molecular weight is 471 g/mol. The number of benzene rings is 3. The fraction of sp³-hybridized carbons (Fsp3) is 0.167. The summed E-state index contributed by atoms with van der Waals surface area (Å²) in [5.41, 5.74) is 0.712. The summed E-state index contributed by atoms with van der Waals surface area (Å²) in [5.74, 6) is 1.58. The quantitative estimate of drug-likeness (QED) is 0.456. The van der Waals surface area contributed by atoms with Crippen LogP contribution in [0, 0.1) is 0 Å². The molecule has 0 heterocycles. The summed E-state index contributed by atoms with van der Waals surface area (Å²) in [5, 5.41) is 5.80. The van der Waals surface area contributed by atoms with Crippen molar-refractivity contribution in [2.45, 2.75) is 0 Å². The number of amides is 2. The molecule has 0 bridgehead atoms. The Balaban J connectivity index is 1.55. The van der Waals surface area contributed by atoms with Crippen molar-refractivity contribution in [3.05, 3.63) is 71.8 Å². The Morgan fingerprint density at radius 3 is 1.55 bits per heavy atom. The smallest absolute Gasteiger partial charge is 0.262 e. The molecule has 0 aliphatic heterocycles. The fourth-order valence-corrected chi connectivity index (χ4v) is 2.92. The van der Waals surface area contributed by atoms with Crippen molar-refractivity contribution >= 4 is 34.8 Å². The molecule has 8 nitrogen and oxygen atoms in total. The van der Waals surface area contributed by atoms with Crippen LogP contribution in [0.25, 0.3) is 0 Å². The topological polar surface area (TPSA) is 95.1 Å². The van der Waals surface area contributed by atoms with Crippen molar-refractivity contribution in [1.29, 1.82) is 0 Å². The lowest BCUT2D eigenvalue weighted by Crippen LogP contribution is -2.23. The molecule has 0 aromatic heterocycles.